The van der Waals surface area contributed by atoms with Crippen LogP contribution in [0, 0.1) is 5.82 Å². The topological polar surface area (TPSA) is 15.8 Å². The van der Waals surface area contributed by atoms with Gasteiger partial charge in [-0.1, -0.05) is 34.6 Å². The number of fused-ring (bicyclic) bond motifs is 1. The Morgan fingerprint density at radius 3 is 2.38 bits per heavy atom. The predicted octanol–water partition coefficient (Wildman–Crippen LogP) is 4.88. The molecule has 0 aliphatic rings. The summed E-state index contributed by atoms with van der Waals surface area (Å²) in [6.07, 6.45) is 1.96. The summed E-state index contributed by atoms with van der Waals surface area (Å²) < 4.78 is 13.1. The standard InChI is InChI=1S/C12H14FN.C2H6.H2/c1-12(2,3)10-7-14-11-5-4-8(13)6-9(10)11;1-2;/h4-7,14H,1-3H3;1-2H3;1H. The maximum atomic E-state index is 13.1. The number of aromatic amines is 1. The van der Waals surface area contributed by atoms with Crippen LogP contribution in [0.3, 0.4) is 0 Å². The maximum absolute atomic E-state index is 13.1. The first kappa shape index (κ1) is 12.8. The van der Waals surface area contributed by atoms with E-state index in [9.17, 15) is 4.39 Å². The Hall–Kier alpha value is -1.31. The van der Waals surface area contributed by atoms with Crippen molar-refractivity contribution in [2.24, 2.45) is 0 Å². The van der Waals surface area contributed by atoms with Crippen LogP contribution >= 0.6 is 0 Å². The van der Waals surface area contributed by atoms with Gasteiger partial charge in [-0.2, -0.15) is 0 Å². The summed E-state index contributed by atoms with van der Waals surface area (Å²) in [7, 11) is 0. The molecule has 2 heteroatoms. The van der Waals surface area contributed by atoms with E-state index in [1.807, 2.05) is 20.0 Å². The molecule has 0 radical (unpaired) electrons. The number of hydrogen-bond donors (Lipinski definition) is 1. The Morgan fingerprint density at radius 2 is 1.81 bits per heavy atom. The number of aromatic nitrogens is 1. The fraction of sp³-hybridized carbons (Fsp3) is 0.429. The highest BCUT2D eigenvalue weighted by Gasteiger charge is 2.18. The zero-order valence-electron chi connectivity index (χ0n) is 10.7. The normalized spacial score (nSPS) is 11.1. The van der Waals surface area contributed by atoms with Crippen molar-refractivity contribution in [3.05, 3.63) is 35.8 Å². The molecule has 2 aromatic rings. The van der Waals surface area contributed by atoms with Crippen molar-refractivity contribution in [3.63, 3.8) is 0 Å². The molecule has 0 saturated carbocycles. The zero-order chi connectivity index (χ0) is 12.3. The Bertz CT molecular complexity index is 469. The van der Waals surface area contributed by atoms with Gasteiger partial charge in [-0.15, -0.1) is 0 Å². The molecule has 0 bridgehead atoms. The van der Waals surface area contributed by atoms with Gasteiger partial charge in [-0.3, -0.25) is 0 Å². The average molecular weight is 223 g/mol. The van der Waals surface area contributed by atoms with Crippen LogP contribution in [-0.4, -0.2) is 4.98 Å². The highest BCUT2D eigenvalue weighted by molar-refractivity contribution is 5.84. The van der Waals surface area contributed by atoms with Crippen molar-refractivity contribution in [2.45, 2.75) is 40.0 Å². The Kier molecular flexibility index (Phi) is 3.74. The molecule has 0 atom stereocenters. The molecule has 1 N–H and O–H groups in total. The quantitative estimate of drug-likeness (QED) is 0.655. The van der Waals surface area contributed by atoms with E-state index in [1.54, 1.807) is 12.1 Å². The molecular weight excluding hydrogens is 201 g/mol. The summed E-state index contributed by atoms with van der Waals surface area (Å²) >= 11 is 0. The lowest BCUT2D eigenvalue weighted by Gasteiger charge is -2.17. The number of rotatable bonds is 0. The molecule has 0 unspecified atom stereocenters. The minimum Gasteiger partial charge on any atom is -0.361 e. The molecule has 1 aromatic heterocycles. The monoisotopic (exact) mass is 223 g/mol. The molecule has 0 aliphatic heterocycles. The zero-order valence-corrected chi connectivity index (χ0v) is 10.7. The molecule has 0 spiro atoms. The summed E-state index contributed by atoms with van der Waals surface area (Å²) in [5.41, 5.74) is 2.20. The number of halogens is 1. The first-order valence-electron chi connectivity index (χ1n) is 5.75. The molecule has 90 valence electrons. The fourth-order valence-electron chi connectivity index (χ4n) is 1.71. The summed E-state index contributed by atoms with van der Waals surface area (Å²) in [5.74, 6) is -0.178. The molecule has 0 saturated heterocycles. The van der Waals surface area contributed by atoms with E-state index in [1.165, 1.54) is 6.07 Å². The smallest absolute Gasteiger partial charge is 0.123 e. The fourth-order valence-corrected chi connectivity index (χ4v) is 1.71. The Morgan fingerprint density at radius 1 is 1.19 bits per heavy atom. The van der Waals surface area contributed by atoms with Gasteiger partial charge in [0.25, 0.3) is 0 Å². The maximum Gasteiger partial charge on any atom is 0.123 e. The minimum atomic E-state index is -0.178. The van der Waals surface area contributed by atoms with Gasteiger partial charge in [0.1, 0.15) is 5.82 Å². The molecule has 1 aromatic carbocycles. The molecule has 16 heavy (non-hydrogen) atoms. The van der Waals surface area contributed by atoms with Gasteiger partial charge < -0.3 is 4.98 Å². The Balaban J connectivity index is 0.000000811. The second-order valence-electron chi connectivity index (χ2n) is 4.64. The van der Waals surface area contributed by atoms with Gasteiger partial charge in [0.2, 0.25) is 0 Å². The van der Waals surface area contributed by atoms with Crippen molar-refractivity contribution < 1.29 is 5.82 Å². The first-order chi connectivity index (χ1) is 7.48. The highest BCUT2D eigenvalue weighted by Crippen LogP contribution is 2.30. The Labute approximate surface area is 98.2 Å². The largest absolute Gasteiger partial charge is 0.361 e. The third kappa shape index (κ3) is 2.43. The molecule has 0 fully saturated rings. The van der Waals surface area contributed by atoms with E-state index in [0.29, 0.717) is 0 Å². The van der Waals surface area contributed by atoms with E-state index in [4.69, 9.17) is 0 Å². The number of nitrogens with one attached hydrogen (secondary N) is 1. The lowest BCUT2D eigenvalue weighted by molar-refractivity contribution is 0.594. The number of benzene rings is 1. The predicted molar refractivity (Wildman–Crippen MR) is 70.4 cm³/mol. The van der Waals surface area contributed by atoms with Crippen LogP contribution in [0.1, 0.15) is 41.6 Å². The van der Waals surface area contributed by atoms with Crippen molar-refractivity contribution in [1.29, 1.82) is 0 Å². The van der Waals surface area contributed by atoms with Crippen LogP contribution in [0.25, 0.3) is 10.9 Å². The van der Waals surface area contributed by atoms with E-state index in [-0.39, 0.29) is 12.7 Å². The summed E-state index contributed by atoms with van der Waals surface area (Å²) in [4.78, 5) is 3.16. The third-order valence-corrected chi connectivity index (χ3v) is 2.45. The van der Waals surface area contributed by atoms with Crippen LogP contribution in [-0.2, 0) is 5.41 Å². The van der Waals surface area contributed by atoms with Gasteiger partial charge in [-0.25, -0.2) is 4.39 Å². The third-order valence-electron chi connectivity index (χ3n) is 2.45. The average Bonchev–Trinajstić information content (AvgIpc) is 2.63. The number of hydrogen-bond acceptors (Lipinski definition) is 0. The van der Waals surface area contributed by atoms with Crippen molar-refractivity contribution >= 4 is 10.9 Å². The highest BCUT2D eigenvalue weighted by atomic mass is 19.1. The van der Waals surface area contributed by atoms with Gasteiger partial charge in [0, 0.05) is 18.5 Å². The van der Waals surface area contributed by atoms with Crippen LogP contribution in [0.5, 0.6) is 0 Å². The minimum absolute atomic E-state index is 0. The summed E-state index contributed by atoms with van der Waals surface area (Å²) in [6, 6.07) is 4.84. The van der Waals surface area contributed by atoms with E-state index >= 15 is 0 Å². The SMILES string of the molecule is CC.CC(C)(C)c1c[nH]c2ccc(F)cc12.[HH]. The molecule has 0 amide bonds. The van der Waals surface area contributed by atoms with Crippen LogP contribution < -0.4 is 0 Å². The van der Waals surface area contributed by atoms with E-state index < -0.39 is 0 Å². The summed E-state index contributed by atoms with van der Waals surface area (Å²) in [5, 5.41) is 0.984. The van der Waals surface area contributed by atoms with Crippen molar-refractivity contribution in [2.75, 3.05) is 0 Å². The second kappa shape index (κ2) is 4.69. The van der Waals surface area contributed by atoms with Crippen LogP contribution in [0.4, 0.5) is 4.39 Å². The second-order valence-corrected chi connectivity index (χ2v) is 4.64. The first-order valence-corrected chi connectivity index (χ1v) is 5.75. The summed E-state index contributed by atoms with van der Waals surface area (Å²) in [6.45, 7) is 10.4. The van der Waals surface area contributed by atoms with Gasteiger partial charge in [0.15, 0.2) is 0 Å². The molecule has 2 rings (SSSR count). The van der Waals surface area contributed by atoms with Crippen LogP contribution in [0.15, 0.2) is 24.4 Å². The molecular formula is C14H22FN. The van der Waals surface area contributed by atoms with Crippen LogP contribution in [0.2, 0.25) is 0 Å². The lowest BCUT2D eigenvalue weighted by Crippen LogP contribution is -2.09. The van der Waals surface area contributed by atoms with Crippen molar-refractivity contribution in [1.82, 2.24) is 4.98 Å². The van der Waals surface area contributed by atoms with Gasteiger partial charge >= 0.3 is 0 Å². The number of H-pyrrole nitrogens is 1. The van der Waals surface area contributed by atoms with Crippen molar-refractivity contribution in [3.8, 4) is 0 Å². The van der Waals surface area contributed by atoms with Gasteiger partial charge in [0.05, 0.1) is 0 Å². The van der Waals surface area contributed by atoms with E-state index in [0.717, 1.165) is 16.5 Å². The lowest BCUT2D eigenvalue weighted by atomic mass is 9.87. The molecule has 1 nitrogen and oxygen atoms in total. The molecule has 0 aliphatic carbocycles. The molecule has 1 heterocycles. The van der Waals surface area contributed by atoms with E-state index in [2.05, 4.69) is 25.8 Å². The van der Waals surface area contributed by atoms with Gasteiger partial charge in [-0.05, 0) is 29.2 Å².